The first-order chi connectivity index (χ1) is 12.6. The van der Waals surface area contributed by atoms with Crippen molar-refractivity contribution < 1.29 is 22.7 Å². The molecule has 0 saturated carbocycles. The van der Waals surface area contributed by atoms with Gasteiger partial charge in [0.25, 0.3) is 5.91 Å². The second kappa shape index (κ2) is 8.55. The van der Waals surface area contributed by atoms with Crippen molar-refractivity contribution in [2.24, 2.45) is 0 Å². The van der Waals surface area contributed by atoms with Gasteiger partial charge in [-0.15, -0.1) is 0 Å². The van der Waals surface area contributed by atoms with Crippen LogP contribution >= 0.6 is 23.2 Å². The molecule has 1 aromatic heterocycles. The van der Waals surface area contributed by atoms with Gasteiger partial charge in [-0.3, -0.25) is 9.52 Å². The minimum absolute atomic E-state index is 0.0331. The molecule has 0 saturated heterocycles. The number of esters is 1. The molecule has 144 valence electrons. The monoisotopic (exact) mass is 431 g/mol. The number of carbonyl (C=O) groups is 2. The summed E-state index contributed by atoms with van der Waals surface area (Å²) in [5.74, 6) is -1.46. The number of sulfonamides is 1. The summed E-state index contributed by atoms with van der Waals surface area (Å²) in [4.78, 5) is 28.1. The second-order valence-electron chi connectivity index (χ2n) is 5.44. The number of nitrogens with zero attached hydrogens (tertiary/aromatic N) is 1. The molecule has 0 radical (unpaired) electrons. The third-order valence-electron chi connectivity index (χ3n) is 3.24. The van der Waals surface area contributed by atoms with E-state index >= 15 is 0 Å². The lowest BCUT2D eigenvalue weighted by Gasteiger charge is -2.11. The van der Waals surface area contributed by atoms with E-state index in [2.05, 4.69) is 15.0 Å². The molecule has 0 bridgehead atoms. The van der Waals surface area contributed by atoms with Gasteiger partial charge in [0, 0.05) is 6.20 Å². The maximum Gasteiger partial charge on any atom is 0.340 e. The number of ether oxygens (including phenoxy) is 1. The molecular weight excluding hydrogens is 417 g/mol. The third-order valence-corrected chi connectivity index (χ3v) is 4.67. The molecule has 0 fully saturated rings. The number of pyridine rings is 1. The average molecular weight is 432 g/mol. The van der Waals surface area contributed by atoms with Gasteiger partial charge in [0.05, 0.1) is 27.6 Å². The molecule has 11 heteroatoms. The van der Waals surface area contributed by atoms with Gasteiger partial charge in [-0.1, -0.05) is 35.3 Å². The van der Waals surface area contributed by atoms with Crippen molar-refractivity contribution in [3.63, 3.8) is 0 Å². The Kier molecular flexibility index (Phi) is 6.63. The molecule has 0 aliphatic heterocycles. The van der Waals surface area contributed by atoms with Crippen LogP contribution in [0.4, 0.5) is 11.5 Å². The highest BCUT2D eigenvalue weighted by molar-refractivity contribution is 7.92. The van der Waals surface area contributed by atoms with E-state index in [-0.39, 0.29) is 22.1 Å². The standard InChI is InChI=1S/C16H15Cl2N3O5S/c1-9-11(17)7-19-15(14(9)18)20-13(22)8-26-16(23)10-5-3-4-6-12(10)21-27(2,24)25/h3-7,21H,8H2,1-2H3,(H,19,20,22). The number of hydrogen-bond acceptors (Lipinski definition) is 6. The van der Waals surface area contributed by atoms with Crippen LogP contribution in [0.5, 0.6) is 0 Å². The van der Waals surface area contributed by atoms with Gasteiger partial charge in [0.2, 0.25) is 10.0 Å². The van der Waals surface area contributed by atoms with Gasteiger partial charge in [-0.2, -0.15) is 0 Å². The molecule has 8 nitrogen and oxygen atoms in total. The molecule has 0 aliphatic rings. The molecule has 0 spiro atoms. The lowest BCUT2D eigenvalue weighted by Crippen LogP contribution is -2.22. The molecule has 2 rings (SSSR count). The minimum atomic E-state index is -3.59. The number of halogens is 2. The van der Waals surface area contributed by atoms with Crippen LogP contribution in [0, 0.1) is 6.92 Å². The van der Waals surface area contributed by atoms with E-state index in [4.69, 9.17) is 27.9 Å². The quantitative estimate of drug-likeness (QED) is 0.679. The fourth-order valence-electron chi connectivity index (χ4n) is 1.97. The lowest BCUT2D eigenvalue weighted by molar-refractivity contribution is -0.119. The maximum absolute atomic E-state index is 12.2. The topological polar surface area (TPSA) is 114 Å². The summed E-state index contributed by atoms with van der Waals surface area (Å²) in [5.41, 5.74) is 0.555. The molecule has 1 heterocycles. The smallest absolute Gasteiger partial charge is 0.340 e. The van der Waals surface area contributed by atoms with Crippen molar-refractivity contribution in [2.45, 2.75) is 6.92 Å². The molecule has 27 heavy (non-hydrogen) atoms. The Morgan fingerprint density at radius 2 is 1.89 bits per heavy atom. The normalized spacial score (nSPS) is 11.0. The summed E-state index contributed by atoms with van der Waals surface area (Å²) in [6.45, 7) is 1.04. The fourth-order valence-corrected chi connectivity index (χ4v) is 2.94. The minimum Gasteiger partial charge on any atom is -0.452 e. The number of hydrogen-bond donors (Lipinski definition) is 2. The van der Waals surface area contributed by atoms with Crippen LogP contribution in [0.25, 0.3) is 0 Å². The van der Waals surface area contributed by atoms with Crippen molar-refractivity contribution >= 4 is 56.6 Å². The Hall–Kier alpha value is -2.36. The molecule has 0 atom stereocenters. The van der Waals surface area contributed by atoms with E-state index in [0.29, 0.717) is 10.6 Å². The first kappa shape index (κ1) is 20.9. The molecule has 0 aliphatic carbocycles. The maximum atomic E-state index is 12.2. The number of amides is 1. The Bertz CT molecular complexity index is 996. The van der Waals surface area contributed by atoms with Gasteiger partial charge in [0.15, 0.2) is 12.4 Å². The third kappa shape index (κ3) is 5.81. The van der Waals surface area contributed by atoms with Gasteiger partial charge >= 0.3 is 5.97 Å². The van der Waals surface area contributed by atoms with Crippen LogP contribution in [-0.2, 0) is 19.6 Å². The van der Waals surface area contributed by atoms with Crippen molar-refractivity contribution in [3.8, 4) is 0 Å². The number of nitrogens with one attached hydrogen (secondary N) is 2. The zero-order valence-corrected chi connectivity index (χ0v) is 16.6. The summed E-state index contributed by atoms with van der Waals surface area (Å²) in [7, 11) is -3.59. The second-order valence-corrected chi connectivity index (χ2v) is 7.97. The molecule has 2 aromatic rings. The number of benzene rings is 1. The van der Waals surface area contributed by atoms with Gasteiger partial charge in [-0.05, 0) is 24.6 Å². The van der Waals surface area contributed by atoms with Crippen LogP contribution < -0.4 is 10.0 Å². The molecular formula is C16H15Cl2N3O5S. The van der Waals surface area contributed by atoms with E-state index in [1.54, 1.807) is 13.0 Å². The number of anilines is 2. The zero-order chi connectivity index (χ0) is 20.2. The Labute approximate surface area is 165 Å². The van der Waals surface area contributed by atoms with Gasteiger partial charge < -0.3 is 10.1 Å². The first-order valence-electron chi connectivity index (χ1n) is 7.43. The summed E-state index contributed by atoms with van der Waals surface area (Å²) in [6, 6.07) is 5.85. The SMILES string of the molecule is Cc1c(Cl)cnc(NC(=O)COC(=O)c2ccccc2NS(C)(=O)=O)c1Cl. The van der Waals surface area contributed by atoms with Crippen molar-refractivity contribution in [2.75, 3.05) is 22.9 Å². The predicted octanol–water partition coefficient (Wildman–Crippen LogP) is 2.86. The summed E-state index contributed by atoms with van der Waals surface area (Å²) in [5, 5.41) is 2.93. The average Bonchev–Trinajstić information content (AvgIpc) is 2.59. The highest BCUT2D eigenvalue weighted by Crippen LogP contribution is 2.28. The zero-order valence-electron chi connectivity index (χ0n) is 14.2. The van der Waals surface area contributed by atoms with Crippen molar-refractivity contribution in [3.05, 3.63) is 51.6 Å². The Balaban J connectivity index is 2.04. The predicted molar refractivity (Wildman–Crippen MR) is 103 cm³/mol. The molecule has 1 amide bonds. The largest absolute Gasteiger partial charge is 0.452 e. The van der Waals surface area contributed by atoms with E-state index in [1.165, 1.54) is 24.4 Å². The number of carbonyl (C=O) groups excluding carboxylic acids is 2. The number of aromatic nitrogens is 1. The van der Waals surface area contributed by atoms with Gasteiger partial charge in [-0.25, -0.2) is 18.2 Å². The van der Waals surface area contributed by atoms with E-state index < -0.39 is 28.5 Å². The Morgan fingerprint density at radius 3 is 2.56 bits per heavy atom. The number of rotatable bonds is 6. The summed E-state index contributed by atoms with van der Waals surface area (Å²) < 4.78 is 29.9. The Morgan fingerprint density at radius 1 is 1.22 bits per heavy atom. The summed E-state index contributed by atoms with van der Waals surface area (Å²) in [6.07, 6.45) is 2.28. The van der Waals surface area contributed by atoms with Crippen LogP contribution in [0.3, 0.4) is 0 Å². The number of para-hydroxylation sites is 1. The molecule has 1 aromatic carbocycles. The van der Waals surface area contributed by atoms with Gasteiger partial charge in [0.1, 0.15) is 0 Å². The van der Waals surface area contributed by atoms with Crippen molar-refractivity contribution in [1.82, 2.24) is 4.98 Å². The van der Waals surface area contributed by atoms with E-state index in [9.17, 15) is 18.0 Å². The summed E-state index contributed by atoms with van der Waals surface area (Å²) >= 11 is 11.9. The highest BCUT2D eigenvalue weighted by atomic mass is 35.5. The highest BCUT2D eigenvalue weighted by Gasteiger charge is 2.17. The first-order valence-corrected chi connectivity index (χ1v) is 10.1. The fraction of sp³-hybridized carbons (Fsp3) is 0.188. The molecule has 0 unspecified atom stereocenters. The van der Waals surface area contributed by atoms with E-state index in [0.717, 1.165) is 6.26 Å². The van der Waals surface area contributed by atoms with E-state index in [1.807, 2.05) is 0 Å². The van der Waals surface area contributed by atoms with Crippen molar-refractivity contribution in [1.29, 1.82) is 0 Å². The van der Waals surface area contributed by atoms with Crippen LogP contribution in [-0.4, -0.2) is 38.1 Å². The lowest BCUT2D eigenvalue weighted by atomic mass is 10.2. The molecule has 2 N–H and O–H groups in total. The van der Waals surface area contributed by atoms with Crippen LogP contribution in [0.15, 0.2) is 30.5 Å². The van der Waals surface area contributed by atoms with Crippen LogP contribution in [0.1, 0.15) is 15.9 Å². The van der Waals surface area contributed by atoms with Crippen LogP contribution in [0.2, 0.25) is 10.0 Å².